The fourth-order valence-electron chi connectivity index (χ4n) is 9.24. The van der Waals surface area contributed by atoms with Crippen LogP contribution in [0.5, 0.6) is 46.0 Å². The van der Waals surface area contributed by atoms with Crippen molar-refractivity contribution in [1.82, 2.24) is 0 Å². The lowest BCUT2D eigenvalue weighted by Gasteiger charge is -2.16. The van der Waals surface area contributed by atoms with Crippen molar-refractivity contribution >= 4 is 44.0 Å². The largest absolute Gasteiger partial charge is 0.555 e. The van der Waals surface area contributed by atoms with Crippen LogP contribution in [0.15, 0.2) is 121 Å². The number of phenolic OH excluding ortho intramolecular Hbond substituents is 7. The smallest absolute Gasteiger partial charge is 0.126 e. The Labute approximate surface area is 478 Å². The maximum Gasteiger partial charge on any atom is 0.126 e. The van der Waals surface area contributed by atoms with Crippen molar-refractivity contribution in [2.75, 3.05) is 6.66 Å². The van der Waals surface area contributed by atoms with Gasteiger partial charge in [0.25, 0.3) is 0 Å². The number of halogens is 1. The summed E-state index contributed by atoms with van der Waals surface area (Å²) < 4.78 is 0.743. The number of aromatic hydroxyl groups is 8. The van der Waals surface area contributed by atoms with Gasteiger partial charge in [0.2, 0.25) is 0 Å². The number of rotatable bonds is 13. The Morgan fingerprint density at radius 3 is 0.679 bits per heavy atom. The van der Waals surface area contributed by atoms with E-state index in [1.54, 1.807) is 36.4 Å². The van der Waals surface area contributed by atoms with Crippen molar-refractivity contribution in [2.45, 2.75) is 101 Å². The maximum absolute atomic E-state index is 11.1. The molecule has 78 heavy (non-hydrogen) atoms. The predicted octanol–water partition coefficient (Wildman–Crippen LogP) is 14.0. The van der Waals surface area contributed by atoms with E-state index in [2.05, 4.69) is 38.2 Å². The van der Waals surface area contributed by atoms with Crippen LogP contribution in [-0.2, 0) is 45.3 Å². The van der Waals surface area contributed by atoms with Crippen LogP contribution in [0.3, 0.4) is 0 Å². The minimum atomic E-state index is -0.208. The molecular weight excluding hydrogens is 1130 g/mol. The quantitative estimate of drug-likeness (QED) is 0.0301. The summed E-state index contributed by atoms with van der Waals surface area (Å²) >= 11 is 2.36. The van der Waals surface area contributed by atoms with Gasteiger partial charge in [-0.1, -0.05) is 142 Å². The summed E-state index contributed by atoms with van der Waals surface area (Å²) in [6.45, 7) is 17.4. The predicted molar refractivity (Wildman–Crippen MR) is 331 cm³/mol. The van der Waals surface area contributed by atoms with Gasteiger partial charge in [0.05, 0.1) is 17.2 Å². The summed E-state index contributed by atoms with van der Waals surface area (Å²) in [6.07, 6.45) is 2.08. The van der Waals surface area contributed by atoms with Crippen molar-refractivity contribution < 1.29 is 51.1 Å². The third kappa shape index (κ3) is 17.9. The molecule has 0 aliphatic heterocycles. The number of benzene rings is 8. The molecular formula is C64H73BIO10P2-. The molecule has 0 heterocycles. The Kier molecular flexibility index (Phi) is 23.3. The normalized spacial score (nSPS) is 10.8. The van der Waals surface area contributed by atoms with Crippen molar-refractivity contribution in [1.29, 1.82) is 0 Å². The van der Waals surface area contributed by atoms with E-state index >= 15 is 0 Å². The standard InChI is InChI=1S/C31H32O4.C23H24O3.C9H12O3.CH5BIP2/c1-18-5-7-28(32)22(9-18)15-24-11-20(3)13-26(30(24)34)17-27-14-21(4)12-25(31(27)35)16-23-10-19(2)6-8-29(23)33;1-14-4-6-21(24)17(8-14)12-19-10-16(3)11-20(23(19)26)13-18-9-15(2)5-7-22(18)25;1-6-2-7(4-10)9(12)8(3-6)5-11;1-5-2(3)4/h5-14,32-35H,15-17H2,1-4H3;4-11,24-26H,12-13H2,1-3H3;2-3,10-12H,4-5H2,1H3;4H2,1H3/q;;;-1. The minimum Gasteiger partial charge on any atom is -0.555 e. The zero-order valence-electron chi connectivity index (χ0n) is 45.9. The summed E-state index contributed by atoms with van der Waals surface area (Å²) in [6, 6.07) is 36.9. The number of phenols is 8. The first-order valence-electron chi connectivity index (χ1n) is 25.5. The molecule has 0 radical (unpaired) electrons. The number of aliphatic hydroxyl groups excluding tert-OH is 2. The molecule has 8 aromatic carbocycles. The molecule has 0 bridgehead atoms. The third-order valence-electron chi connectivity index (χ3n) is 13.1. The molecule has 0 spiro atoms. The first-order chi connectivity index (χ1) is 36.9. The molecule has 0 fully saturated rings. The van der Waals surface area contributed by atoms with E-state index < -0.39 is 0 Å². The van der Waals surface area contributed by atoms with Gasteiger partial charge in [-0.15, -0.1) is 0 Å². The second kappa shape index (κ2) is 29.1. The molecule has 0 aliphatic carbocycles. The third-order valence-corrected chi connectivity index (χ3v) is 16.1. The van der Waals surface area contributed by atoms with Gasteiger partial charge in [-0.25, -0.2) is 0 Å². The molecule has 0 saturated heterocycles. The van der Waals surface area contributed by atoms with E-state index in [0.29, 0.717) is 43.2 Å². The molecule has 1 atom stereocenters. The van der Waals surface area contributed by atoms with Gasteiger partial charge in [0, 0.05) is 43.2 Å². The van der Waals surface area contributed by atoms with Crippen molar-refractivity contribution in [2.24, 2.45) is 0 Å². The molecule has 0 aliphatic rings. The molecule has 10 nitrogen and oxygen atoms in total. The van der Waals surface area contributed by atoms with E-state index in [1.807, 2.05) is 140 Å². The number of hydrogen-bond acceptors (Lipinski definition) is 10. The second-order valence-electron chi connectivity index (χ2n) is 20.1. The SMILES string of the molecule is C[P-]B(P)I.Cc1cc(CO)c(O)c(CO)c1.Cc1ccc(O)c(Cc2cc(C)cc(Cc3cc(C)cc(Cc4cc(C)ccc4O)c3O)c2O)c1.Cc1ccc(O)c(Cc2cc(C)cc(Cc3cc(C)ccc3O)c2O)c1. The summed E-state index contributed by atoms with van der Waals surface area (Å²) in [7, 11) is 4.15. The summed E-state index contributed by atoms with van der Waals surface area (Å²) in [4.78, 5) is 0. The van der Waals surface area contributed by atoms with Gasteiger partial charge in [-0.3, -0.25) is 0 Å². The average Bonchev–Trinajstić information content (AvgIpc) is 3.40. The lowest BCUT2D eigenvalue weighted by Crippen LogP contribution is -2.00. The van der Waals surface area contributed by atoms with Crippen LogP contribution in [-0.4, -0.2) is 61.7 Å². The van der Waals surface area contributed by atoms with E-state index in [-0.39, 0.29) is 59.2 Å². The van der Waals surface area contributed by atoms with Gasteiger partial charge >= 0.3 is 0 Å². The van der Waals surface area contributed by atoms with E-state index in [1.165, 1.54) is 8.46 Å². The van der Waals surface area contributed by atoms with Gasteiger partial charge in [0.15, 0.2) is 0 Å². The molecule has 410 valence electrons. The van der Waals surface area contributed by atoms with Crippen LogP contribution in [0.4, 0.5) is 0 Å². The highest BCUT2D eigenvalue weighted by atomic mass is 127. The van der Waals surface area contributed by atoms with Gasteiger partial charge < -0.3 is 59.5 Å². The summed E-state index contributed by atoms with van der Waals surface area (Å²) in [5.41, 5.74) is 16.6. The Bertz CT molecular complexity index is 3150. The number of hydrogen-bond donors (Lipinski definition) is 10. The topological polar surface area (TPSA) is 202 Å². The molecule has 0 saturated carbocycles. The highest BCUT2D eigenvalue weighted by Gasteiger charge is 2.18. The lowest BCUT2D eigenvalue weighted by molar-refractivity contribution is 0.263. The zero-order chi connectivity index (χ0) is 57.5. The molecule has 8 aromatic rings. The highest BCUT2D eigenvalue weighted by molar-refractivity contribution is 14.1. The van der Waals surface area contributed by atoms with Crippen LogP contribution in [0, 0.1) is 55.4 Å². The molecule has 10 N–H and O–H groups in total. The van der Waals surface area contributed by atoms with Gasteiger partial charge in [0.1, 0.15) is 46.0 Å². The van der Waals surface area contributed by atoms with Crippen molar-refractivity contribution in [3.8, 4) is 46.0 Å². The van der Waals surface area contributed by atoms with Crippen molar-refractivity contribution in [3.63, 3.8) is 0 Å². The Morgan fingerprint density at radius 2 is 0.487 bits per heavy atom. The van der Waals surface area contributed by atoms with Crippen LogP contribution < -0.4 is 0 Å². The maximum atomic E-state index is 11.1. The van der Waals surface area contributed by atoms with E-state index in [0.717, 1.165) is 104 Å². The first kappa shape index (κ1) is 62.6. The number of aliphatic hydroxyl groups is 2. The Hall–Kier alpha value is -6.27. The van der Waals surface area contributed by atoms with Gasteiger partial charge in [-0.2, -0.15) is 38.2 Å². The molecule has 8 rings (SSSR count). The monoisotopic (exact) mass is 1200 g/mol. The molecule has 14 heteroatoms. The molecule has 0 amide bonds. The zero-order valence-corrected chi connectivity index (χ0v) is 50.2. The van der Waals surface area contributed by atoms with Crippen LogP contribution in [0.2, 0.25) is 0 Å². The summed E-state index contributed by atoms with van der Waals surface area (Å²) in [5.74, 6) is 1.44. The van der Waals surface area contributed by atoms with Crippen molar-refractivity contribution in [3.05, 3.63) is 233 Å². The second-order valence-corrected chi connectivity index (χ2v) is 26.1. The minimum absolute atomic E-state index is 0.00870. The highest BCUT2D eigenvalue weighted by Crippen LogP contribution is 2.37. The fraction of sp³-hybridized carbons (Fsp3) is 0.250. The van der Waals surface area contributed by atoms with E-state index in [4.69, 9.17) is 10.2 Å². The number of aryl methyl sites for hydroxylation is 8. The van der Waals surface area contributed by atoms with Gasteiger partial charge in [-0.05, 0) is 135 Å². The van der Waals surface area contributed by atoms with Crippen LogP contribution in [0.25, 0.3) is 0 Å². The molecule has 0 aromatic heterocycles. The lowest BCUT2D eigenvalue weighted by atomic mass is 9.92. The van der Waals surface area contributed by atoms with Crippen LogP contribution >= 0.6 is 40.0 Å². The average molecular weight is 1200 g/mol. The summed E-state index contributed by atoms with van der Waals surface area (Å²) in [5, 5.41) is 101. The molecule has 1 unspecified atom stereocenters. The van der Waals surface area contributed by atoms with Crippen LogP contribution in [0.1, 0.15) is 111 Å². The fourth-order valence-corrected chi connectivity index (χ4v) is 9.24. The Balaban J connectivity index is 0.000000227. The first-order valence-corrected chi connectivity index (χ1v) is 28.8. The van der Waals surface area contributed by atoms with E-state index in [9.17, 15) is 40.9 Å². The Morgan fingerprint density at radius 1 is 0.321 bits per heavy atom.